The molecular weight excluding hydrogens is 328 g/mol. The van der Waals surface area contributed by atoms with Gasteiger partial charge >= 0.3 is 5.69 Å². The Kier molecular flexibility index (Phi) is 4.13. The first-order valence-electron chi connectivity index (χ1n) is 8.39. The van der Waals surface area contributed by atoms with Gasteiger partial charge in [0.15, 0.2) is 5.82 Å². The Morgan fingerprint density at radius 3 is 2.67 bits per heavy atom. The van der Waals surface area contributed by atoms with Crippen LogP contribution in [0.15, 0.2) is 4.79 Å². The van der Waals surface area contributed by atoms with Gasteiger partial charge in [-0.1, -0.05) is 0 Å². The van der Waals surface area contributed by atoms with Crippen molar-refractivity contribution >= 4 is 16.7 Å². The van der Waals surface area contributed by atoms with Crippen LogP contribution in [0.25, 0.3) is 0 Å². The molecule has 3 heterocycles. The molecule has 8 nitrogen and oxygen atoms in total. The number of hydrogen-bond donors (Lipinski definition) is 0. The first-order valence-corrected chi connectivity index (χ1v) is 9.16. The highest BCUT2D eigenvalue weighted by Gasteiger charge is 2.33. The molecule has 4 rings (SSSR count). The minimum atomic E-state index is 0.0308. The van der Waals surface area contributed by atoms with Crippen LogP contribution in [0.1, 0.15) is 49.3 Å². The van der Waals surface area contributed by atoms with Gasteiger partial charge in [-0.15, -0.1) is 0 Å². The predicted molar refractivity (Wildman–Crippen MR) is 90.5 cm³/mol. The monoisotopic (exact) mass is 350 g/mol. The van der Waals surface area contributed by atoms with E-state index < -0.39 is 0 Å². The fourth-order valence-electron chi connectivity index (χ4n) is 3.34. The Morgan fingerprint density at radius 2 is 2.00 bits per heavy atom. The maximum atomic E-state index is 12.3. The Labute approximate surface area is 144 Å². The van der Waals surface area contributed by atoms with Crippen molar-refractivity contribution in [3.63, 3.8) is 0 Å². The number of hydrogen-bond acceptors (Lipinski definition) is 7. The van der Waals surface area contributed by atoms with Gasteiger partial charge in [-0.05, 0) is 25.7 Å². The molecule has 2 aliphatic rings. The summed E-state index contributed by atoms with van der Waals surface area (Å²) in [7, 11) is 3.40. The largest absolute Gasteiger partial charge is 0.377 e. The summed E-state index contributed by atoms with van der Waals surface area (Å²) in [5, 5.41) is 5.49. The fraction of sp³-hybridized carbons (Fsp3) is 0.733. The molecule has 0 atom stereocenters. The van der Waals surface area contributed by atoms with Crippen molar-refractivity contribution in [3.8, 4) is 0 Å². The molecule has 9 heteroatoms. The summed E-state index contributed by atoms with van der Waals surface area (Å²) in [6, 6.07) is 0.374. The minimum Gasteiger partial charge on any atom is -0.377 e. The second-order valence-corrected chi connectivity index (χ2v) is 7.28. The van der Waals surface area contributed by atoms with E-state index in [1.807, 2.05) is 4.57 Å². The molecule has 0 amide bonds. The van der Waals surface area contributed by atoms with Crippen molar-refractivity contribution in [2.45, 2.75) is 44.2 Å². The second-order valence-electron chi connectivity index (χ2n) is 6.55. The molecule has 24 heavy (non-hydrogen) atoms. The first kappa shape index (κ1) is 15.8. The van der Waals surface area contributed by atoms with E-state index in [2.05, 4.69) is 19.4 Å². The summed E-state index contributed by atoms with van der Waals surface area (Å²) in [5.41, 5.74) is 0.0308. The number of ether oxygens (including phenoxy) is 1. The second kappa shape index (κ2) is 6.29. The van der Waals surface area contributed by atoms with E-state index in [-0.39, 0.29) is 5.69 Å². The lowest BCUT2D eigenvalue weighted by molar-refractivity contribution is 0.179. The zero-order valence-electron chi connectivity index (χ0n) is 14.0. The molecular formula is C15H22N6O2S. The van der Waals surface area contributed by atoms with Gasteiger partial charge in [-0.25, -0.2) is 14.5 Å². The average molecular weight is 350 g/mol. The number of aromatic nitrogens is 5. The molecule has 1 saturated carbocycles. The summed E-state index contributed by atoms with van der Waals surface area (Å²) in [5.74, 6) is 2.07. The number of aryl methyl sites for hydroxylation is 1. The molecule has 0 N–H and O–H groups in total. The predicted octanol–water partition coefficient (Wildman–Crippen LogP) is 1.30. The number of anilines is 1. The average Bonchev–Trinajstić information content (AvgIpc) is 3.24. The van der Waals surface area contributed by atoms with Crippen LogP contribution in [0.5, 0.6) is 0 Å². The number of nitrogens with zero attached hydrogens (tertiary/aromatic N) is 6. The normalized spacial score (nSPS) is 19.2. The number of methoxy groups -OCH3 is 1. The maximum absolute atomic E-state index is 12.3. The van der Waals surface area contributed by atoms with Crippen molar-refractivity contribution in [1.29, 1.82) is 0 Å². The first-order chi connectivity index (χ1) is 11.7. The van der Waals surface area contributed by atoms with Gasteiger partial charge in [0.1, 0.15) is 12.4 Å². The van der Waals surface area contributed by atoms with Crippen LogP contribution in [0, 0.1) is 0 Å². The molecule has 0 aromatic carbocycles. The molecule has 1 saturated heterocycles. The van der Waals surface area contributed by atoms with E-state index in [0.717, 1.165) is 55.6 Å². The quantitative estimate of drug-likeness (QED) is 0.809. The van der Waals surface area contributed by atoms with Gasteiger partial charge in [-0.3, -0.25) is 4.57 Å². The summed E-state index contributed by atoms with van der Waals surface area (Å²) in [6.45, 7) is 2.29. The van der Waals surface area contributed by atoms with E-state index in [4.69, 9.17) is 4.74 Å². The van der Waals surface area contributed by atoms with Crippen LogP contribution >= 0.6 is 11.5 Å². The summed E-state index contributed by atoms with van der Waals surface area (Å²) >= 11 is 1.43. The van der Waals surface area contributed by atoms with E-state index in [1.165, 1.54) is 16.2 Å². The zero-order valence-corrected chi connectivity index (χ0v) is 14.8. The third-order valence-electron chi connectivity index (χ3n) is 4.76. The smallest absolute Gasteiger partial charge is 0.345 e. The maximum Gasteiger partial charge on any atom is 0.345 e. The molecule has 130 valence electrons. The van der Waals surface area contributed by atoms with E-state index in [1.54, 1.807) is 14.2 Å². The fourth-order valence-corrected chi connectivity index (χ4v) is 4.07. The standard InChI is InChI=1S/C15H22N6O2S/c1-19-15(22)21(11-3-4-11)13(17-19)10-5-7-20(8-6-10)14-16-12(9-23-2)18-24-14/h10-11H,3-9H2,1-2H3. The lowest BCUT2D eigenvalue weighted by atomic mass is 9.96. The lowest BCUT2D eigenvalue weighted by Gasteiger charge is -2.31. The van der Waals surface area contributed by atoms with Crippen molar-refractivity contribution in [2.24, 2.45) is 7.05 Å². The minimum absolute atomic E-state index is 0.0308. The van der Waals surface area contributed by atoms with Gasteiger partial charge in [0.25, 0.3) is 0 Å². The van der Waals surface area contributed by atoms with Gasteiger partial charge in [-0.2, -0.15) is 9.47 Å². The van der Waals surface area contributed by atoms with Crippen molar-refractivity contribution < 1.29 is 4.74 Å². The van der Waals surface area contributed by atoms with Crippen LogP contribution in [-0.4, -0.2) is 43.9 Å². The Hall–Kier alpha value is -1.74. The highest BCUT2D eigenvalue weighted by Crippen LogP contribution is 2.38. The van der Waals surface area contributed by atoms with Gasteiger partial charge < -0.3 is 9.64 Å². The summed E-state index contributed by atoms with van der Waals surface area (Å²) in [6.07, 6.45) is 4.18. The molecule has 2 aromatic heterocycles. The summed E-state index contributed by atoms with van der Waals surface area (Å²) < 4.78 is 12.8. The van der Waals surface area contributed by atoms with E-state index in [9.17, 15) is 4.79 Å². The van der Waals surface area contributed by atoms with Crippen LogP contribution < -0.4 is 10.6 Å². The van der Waals surface area contributed by atoms with Gasteiger partial charge in [0.2, 0.25) is 5.13 Å². The van der Waals surface area contributed by atoms with Gasteiger partial charge in [0, 0.05) is 50.7 Å². The molecule has 2 aromatic rings. The molecule has 1 aliphatic carbocycles. The molecule has 0 radical (unpaired) electrons. The Balaban J connectivity index is 1.46. The van der Waals surface area contributed by atoms with Crippen molar-refractivity contribution in [2.75, 3.05) is 25.1 Å². The molecule has 0 bridgehead atoms. The highest BCUT2D eigenvalue weighted by atomic mass is 32.1. The van der Waals surface area contributed by atoms with E-state index >= 15 is 0 Å². The molecule has 0 spiro atoms. The number of piperidine rings is 1. The Morgan fingerprint density at radius 1 is 1.25 bits per heavy atom. The van der Waals surface area contributed by atoms with Crippen LogP contribution in [-0.2, 0) is 18.4 Å². The molecule has 2 fully saturated rings. The summed E-state index contributed by atoms with van der Waals surface area (Å²) in [4.78, 5) is 19.1. The van der Waals surface area contributed by atoms with E-state index in [0.29, 0.717) is 18.6 Å². The van der Waals surface area contributed by atoms with Gasteiger partial charge in [0.05, 0.1) is 0 Å². The Bertz CT molecular complexity index is 769. The van der Waals surface area contributed by atoms with Crippen molar-refractivity contribution in [1.82, 2.24) is 23.7 Å². The highest BCUT2D eigenvalue weighted by molar-refractivity contribution is 7.09. The number of rotatable bonds is 5. The molecule has 0 unspecified atom stereocenters. The SMILES string of the molecule is COCc1nsc(N2CCC(c3nn(C)c(=O)n3C3CC3)CC2)n1. The molecule has 1 aliphatic heterocycles. The van der Waals surface area contributed by atoms with Crippen LogP contribution in [0.3, 0.4) is 0 Å². The topological polar surface area (TPSA) is 78.1 Å². The van der Waals surface area contributed by atoms with Crippen LogP contribution in [0.2, 0.25) is 0 Å². The van der Waals surface area contributed by atoms with Crippen LogP contribution in [0.4, 0.5) is 5.13 Å². The lowest BCUT2D eigenvalue weighted by Crippen LogP contribution is -2.34. The zero-order chi connectivity index (χ0) is 16.7. The van der Waals surface area contributed by atoms with Crippen molar-refractivity contribution in [3.05, 3.63) is 22.1 Å². The third kappa shape index (κ3) is 2.86. The third-order valence-corrected chi connectivity index (χ3v) is 5.57.